The molecule has 11 heteroatoms. The van der Waals surface area contributed by atoms with Crippen LogP contribution >= 0.6 is 0 Å². The average Bonchev–Trinajstić information content (AvgIpc) is 2.88. The molecule has 4 aromatic rings. The molecular formula is C25H20F2N4O5. The van der Waals surface area contributed by atoms with Crippen molar-refractivity contribution in [2.45, 2.75) is 0 Å². The number of rotatable bonds is 8. The van der Waals surface area contributed by atoms with Crippen molar-refractivity contribution in [3.8, 4) is 23.0 Å². The van der Waals surface area contributed by atoms with Crippen molar-refractivity contribution in [3.05, 3.63) is 78.5 Å². The van der Waals surface area contributed by atoms with Gasteiger partial charge in [-0.2, -0.15) is 0 Å². The predicted octanol–water partition coefficient (Wildman–Crippen LogP) is 5.02. The van der Waals surface area contributed by atoms with Crippen LogP contribution in [0.1, 0.15) is 0 Å². The van der Waals surface area contributed by atoms with Crippen LogP contribution in [-0.2, 0) is 4.79 Å². The molecule has 3 amide bonds. The minimum absolute atomic E-state index is 0.0842. The summed E-state index contributed by atoms with van der Waals surface area (Å²) in [5.74, 6) is 0.0306. The molecule has 9 nitrogen and oxygen atoms in total. The number of methoxy groups -OCH3 is 2. The number of carbonyl (C=O) groups excluding carboxylic acids is 2. The van der Waals surface area contributed by atoms with Gasteiger partial charge in [-0.05, 0) is 42.5 Å². The van der Waals surface area contributed by atoms with E-state index in [0.717, 1.165) is 18.2 Å². The van der Waals surface area contributed by atoms with E-state index in [1.165, 1.54) is 7.11 Å². The minimum Gasteiger partial charge on any atom is -0.497 e. The molecule has 4 rings (SSSR count). The van der Waals surface area contributed by atoms with E-state index in [2.05, 4.69) is 15.7 Å². The molecule has 1 aromatic heterocycles. The van der Waals surface area contributed by atoms with Gasteiger partial charge in [0.1, 0.15) is 28.7 Å². The van der Waals surface area contributed by atoms with Crippen molar-refractivity contribution in [2.75, 3.05) is 24.5 Å². The van der Waals surface area contributed by atoms with Crippen molar-refractivity contribution in [3.63, 3.8) is 0 Å². The zero-order valence-electron chi connectivity index (χ0n) is 19.1. The fourth-order valence-electron chi connectivity index (χ4n) is 3.41. The molecule has 184 valence electrons. The first-order valence-corrected chi connectivity index (χ1v) is 10.5. The molecule has 0 radical (unpaired) electrons. The summed E-state index contributed by atoms with van der Waals surface area (Å²) in [5.41, 5.74) is 2.33. The van der Waals surface area contributed by atoms with Gasteiger partial charge in [0.25, 0.3) is 0 Å². The highest BCUT2D eigenvalue weighted by molar-refractivity contribution is 5.94. The second kappa shape index (κ2) is 10.6. The number of urea groups is 1. The molecule has 3 aromatic carbocycles. The van der Waals surface area contributed by atoms with Crippen LogP contribution in [0.25, 0.3) is 10.9 Å². The van der Waals surface area contributed by atoms with Crippen molar-refractivity contribution < 1.29 is 32.6 Å². The van der Waals surface area contributed by atoms with E-state index < -0.39 is 23.4 Å². The van der Waals surface area contributed by atoms with Crippen molar-refractivity contribution >= 4 is 34.7 Å². The number of halogens is 2. The Balaban J connectivity index is 1.48. The highest BCUT2D eigenvalue weighted by atomic mass is 19.1. The standard InChI is InChI=1S/C25H20F2N4O5/c1-34-17-12-20-23(22(13-17)35-2)21(10-11-28-20)36-16-8-6-15(7-9-16)29-25(33)30-31(14-32)24-18(26)4-3-5-19(24)27/h3-14H,1-2H3,(H2,29,30,33). The van der Waals surface area contributed by atoms with Crippen molar-refractivity contribution in [2.24, 2.45) is 0 Å². The second-order valence-electron chi connectivity index (χ2n) is 7.27. The van der Waals surface area contributed by atoms with E-state index in [9.17, 15) is 18.4 Å². The van der Waals surface area contributed by atoms with Gasteiger partial charge in [-0.1, -0.05) is 6.07 Å². The highest BCUT2D eigenvalue weighted by Gasteiger charge is 2.18. The van der Waals surface area contributed by atoms with E-state index in [1.54, 1.807) is 55.8 Å². The Kier molecular flexibility index (Phi) is 7.10. The number of para-hydroxylation sites is 1. The van der Waals surface area contributed by atoms with Crippen LogP contribution in [0.5, 0.6) is 23.0 Å². The number of anilines is 2. The predicted molar refractivity (Wildman–Crippen MR) is 128 cm³/mol. The molecule has 0 atom stereocenters. The molecule has 0 aliphatic carbocycles. The Morgan fingerprint density at radius 1 is 0.944 bits per heavy atom. The molecule has 0 saturated carbocycles. The maximum atomic E-state index is 13.9. The lowest BCUT2D eigenvalue weighted by Crippen LogP contribution is -2.44. The molecule has 2 N–H and O–H groups in total. The van der Waals surface area contributed by atoms with E-state index in [1.807, 2.05) is 0 Å². The molecule has 0 bridgehead atoms. The van der Waals surface area contributed by atoms with Crippen LogP contribution in [0.15, 0.2) is 66.9 Å². The number of nitrogens with one attached hydrogen (secondary N) is 2. The van der Waals surface area contributed by atoms with Gasteiger partial charge < -0.3 is 19.5 Å². The number of amides is 3. The van der Waals surface area contributed by atoms with Gasteiger partial charge in [-0.15, -0.1) is 0 Å². The van der Waals surface area contributed by atoms with Gasteiger partial charge in [0.15, 0.2) is 11.6 Å². The summed E-state index contributed by atoms with van der Waals surface area (Å²) in [7, 11) is 3.08. The first-order valence-electron chi connectivity index (χ1n) is 10.5. The van der Waals surface area contributed by atoms with Gasteiger partial charge >= 0.3 is 6.03 Å². The number of hydrogen-bond acceptors (Lipinski definition) is 6. The molecule has 0 unspecified atom stereocenters. The van der Waals surface area contributed by atoms with Crippen LogP contribution in [0.4, 0.5) is 25.0 Å². The second-order valence-corrected chi connectivity index (χ2v) is 7.27. The van der Waals surface area contributed by atoms with Gasteiger partial charge in [0.2, 0.25) is 6.41 Å². The zero-order chi connectivity index (χ0) is 25.7. The van der Waals surface area contributed by atoms with Crippen LogP contribution in [0.2, 0.25) is 0 Å². The number of benzene rings is 3. The number of nitrogens with zero attached hydrogens (tertiary/aromatic N) is 2. The van der Waals surface area contributed by atoms with Crippen molar-refractivity contribution in [1.82, 2.24) is 10.4 Å². The minimum atomic E-state index is -1.01. The number of carbonyl (C=O) groups is 2. The molecular weight excluding hydrogens is 474 g/mol. The quantitative estimate of drug-likeness (QED) is 0.263. The number of hydrogen-bond donors (Lipinski definition) is 2. The topological polar surface area (TPSA) is 102 Å². The Morgan fingerprint density at radius 2 is 1.67 bits per heavy atom. The van der Waals surface area contributed by atoms with E-state index in [4.69, 9.17) is 14.2 Å². The molecule has 0 spiro atoms. The summed E-state index contributed by atoms with van der Waals surface area (Å²) in [5, 5.41) is 3.53. The van der Waals surface area contributed by atoms with E-state index in [-0.39, 0.29) is 6.41 Å². The number of ether oxygens (including phenoxy) is 3. The monoisotopic (exact) mass is 494 g/mol. The van der Waals surface area contributed by atoms with Gasteiger partial charge in [-0.25, -0.2) is 24.0 Å². The molecule has 0 fully saturated rings. The van der Waals surface area contributed by atoms with Gasteiger partial charge in [-0.3, -0.25) is 9.78 Å². The lowest BCUT2D eigenvalue weighted by atomic mass is 10.1. The average molecular weight is 494 g/mol. The Hall–Kier alpha value is -4.93. The SMILES string of the molecule is COc1cc(OC)c2c(Oc3ccc(NC(=O)NN(C=O)c4c(F)cccc4F)cc3)ccnc2c1. The van der Waals surface area contributed by atoms with E-state index in [0.29, 0.717) is 44.6 Å². The third-order valence-electron chi connectivity index (χ3n) is 5.04. The van der Waals surface area contributed by atoms with Crippen LogP contribution in [-0.4, -0.2) is 31.6 Å². The smallest absolute Gasteiger partial charge is 0.338 e. The molecule has 1 heterocycles. The Morgan fingerprint density at radius 3 is 2.31 bits per heavy atom. The number of fused-ring (bicyclic) bond motifs is 1. The number of pyridine rings is 1. The zero-order valence-corrected chi connectivity index (χ0v) is 19.1. The van der Waals surface area contributed by atoms with E-state index >= 15 is 0 Å². The summed E-state index contributed by atoms with van der Waals surface area (Å²) in [6, 6.07) is 13.6. The largest absolute Gasteiger partial charge is 0.497 e. The van der Waals surface area contributed by atoms with Crippen molar-refractivity contribution in [1.29, 1.82) is 0 Å². The lowest BCUT2D eigenvalue weighted by Gasteiger charge is -2.19. The Bertz CT molecular complexity index is 1400. The first kappa shape index (κ1) is 24.2. The molecule has 0 aliphatic heterocycles. The molecule has 0 aliphatic rings. The first-order chi connectivity index (χ1) is 17.4. The van der Waals surface area contributed by atoms with Crippen LogP contribution in [0.3, 0.4) is 0 Å². The third-order valence-corrected chi connectivity index (χ3v) is 5.04. The normalized spacial score (nSPS) is 10.4. The Labute approximate surface area is 204 Å². The molecule has 0 saturated heterocycles. The summed E-state index contributed by atoms with van der Waals surface area (Å²) in [4.78, 5) is 27.9. The highest BCUT2D eigenvalue weighted by Crippen LogP contribution is 2.38. The molecule has 36 heavy (non-hydrogen) atoms. The summed E-state index contributed by atoms with van der Waals surface area (Å²) < 4.78 is 44.6. The number of hydrazine groups is 1. The maximum absolute atomic E-state index is 13.9. The van der Waals surface area contributed by atoms with Gasteiger partial charge in [0.05, 0.1) is 25.1 Å². The maximum Gasteiger partial charge on any atom is 0.338 e. The third kappa shape index (κ3) is 5.09. The van der Waals surface area contributed by atoms with Crippen LogP contribution in [0, 0.1) is 11.6 Å². The number of aromatic nitrogens is 1. The van der Waals surface area contributed by atoms with Gasteiger partial charge in [0, 0.05) is 24.0 Å². The summed E-state index contributed by atoms with van der Waals surface area (Å²) >= 11 is 0. The summed E-state index contributed by atoms with van der Waals surface area (Å²) in [6.07, 6.45) is 1.68. The van der Waals surface area contributed by atoms with Crippen LogP contribution < -0.4 is 30.0 Å². The lowest BCUT2D eigenvalue weighted by molar-refractivity contribution is -0.107. The fourth-order valence-corrected chi connectivity index (χ4v) is 3.41. The fraction of sp³-hybridized carbons (Fsp3) is 0.0800. The summed E-state index contributed by atoms with van der Waals surface area (Å²) in [6.45, 7) is 0.